The third-order valence-corrected chi connectivity index (χ3v) is 5.95. The monoisotopic (exact) mass is 445 g/mol. The number of benzene rings is 3. The summed E-state index contributed by atoms with van der Waals surface area (Å²) in [6, 6.07) is 26.1. The van der Waals surface area contributed by atoms with Crippen LogP contribution in [0.15, 0.2) is 78.9 Å². The van der Waals surface area contributed by atoms with Gasteiger partial charge >= 0.3 is 6.03 Å². The minimum Gasteiger partial charge on any atom is -0.454 e. The van der Waals surface area contributed by atoms with E-state index >= 15 is 0 Å². The third kappa shape index (κ3) is 6.05. The predicted octanol–water partition coefficient (Wildman–Crippen LogP) is 4.17. The highest BCUT2D eigenvalue weighted by atomic mass is 16.7. The van der Waals surface area contributed by atoms with Crippen LogP contribution in [0.1, 0.15) is 22.7 Å². The third-order valence-electron chi connectivity index (χ3n) is 5.95. The number of fused-ring (bicyclic) bond motifs is 1. The number of carbonyl (C=O) groups is 1. The Morgan fingerprint density at radius 1 is 0.909 bits per heavy atom. The number of nitrogens with zero attached hydrogens (tertiary/aromatic N) is 1. The first-order chi connectivity index (χ1) is 16.1. The van der Waals surface area contributed by atoms with Crippen LogP contribution >= 0.6 is 0 Å². The van der Waals surface area contributed by atoms with E-state index in [1.807, 2.05) is 62.6 Å². The summed E-state index contributed by atoms with van der Waals surface area (Å²) < 4.78 is 11.2. The van der Waals surface area contributed by atoms with Gasteiger partial charge in [0.25, 0.3) is 0 Å². The standard InChI is InChI=1S/C27H31N3O3/c1-30(2)23(17-22-14-9-15-25-26(22)33-19-32-25)18-28-27(31)29-24(21-12-7-4-8-13-21)16-20-10-5-3-6-11-20/h3-15,23-24H,16-19H2,1-2H3,(H2,28,29,31)/t23-,24?/m0/s1. The van der Waals surface area contributed by atoms with E-state index in [0.717, 1.165) is 35.5 Å². The van der Waals surface area contributed by atoms with Crippen LogP contribution in [0.3, 0.4) is 0 Å². The number of hydrogen-bond acceptors (Lipinski definition) is 4. The van der Waals surface area contributed by atoms with Crippen LogP contribution in [-0.2, 0) is 12.8 Å². The number of hydrogen-bond donors (Lipinski definition) is 2. The Bertz CT molecular complexity index is 1040. The summed E-state index contributed by atoms with van der Waals surface area (Å²) in [6.45, 7) is 0.762. The lowest BCUT2D eigenvalue weighted by molar-refractivity contribution is 0.172. The molecule has 0 saturated heterocycles. The Labute approximate surface area is 195 Å². The molecule has 3 aromatic carbocycles. The van der Waals surface area contributed by atoms with Crippen molar-refractivity contribution in [2.45, 2.75) is 24.9 Å². The van der Waals surface area contributed by atoms with Crippen LogP contribution in [0, 0.1) is 0 Å². The molecule has 1 aliphatic heterocycles. The maximum atomic E-state index is 12.9. The summed E-state index contributed by atoms with van der Waals surface area (Å²) in [6.07, 6.45) is 1.47. The molecule has 1 heterocycles. The fraction of sp³-hybridized carbons (Fsp3) is 0.296. The largest absolute Gasteiger partial charge is 0.454 e. The Hall–Kier alpha value is -3.51. The number of para-hydroxylation sites is 1. The van der Waals surface area contributed by atoms with Gasteiger partial charge in [-0.1, -0.05) is 72.8 Å². The fourth-order valence-electron chi connectivity index (χ4n) is 4.05. The maximum absolute atomic E-state index is 12.9. The molecule has 4 rings (SSSR count). The van der Waals surface area contributed by atoms with Gasteiger partial charge in [0.05, 0.1) is 6.04 Å². The van der Waals surface area contributed by atoms with Crippen LogP contribution in [0.5, 0.6) is 11.5 Å². The molecule has 2 atom stereocenters. The number of carbonyl (C=O) groups excluding carboxylic acids is 1. The molecule has 1 aliphatic rings. The molecule has 0 aromatic heterocycles. The van der Waals surface area contributed by atoms with E-state index in [4.69, 9.17) is 9.47 Å². The quantitative estimate of drug-likeness (QED) is 0.519. The van der Waals surface area contributed by atoms with E-state index in [9.17, 15) is 4.79 Å². The van der Waals surface area contributed by atoms with Gasteiger partial charge in [0, 0.05) is 12.6 Å². The van der Waals surface area contributed by atoms with Crippen molar-refractivity contribution < 1.29 is 14.3 Å². The van der Waals surface area contributed by atoms with Gasteiger partial charge in [-0.05, 0) is 49.7 Å². The van der Waals surface area contributed by atoms with Gasteiger partial charge < -0.3 is 25.0 Å². The number of urea groups is 1. The molecule has 172 valence electrons. The minimum atomic E-state index is -0.176. The molecule has 2 N–H and O–H groups in total. The Kier molecular flexibility index (Phi) is 7.47. The van der Waals surface area contributed by atoms with E-state index < -0.39 is 0 Å². The summed E-state index contributed by atoms with van der Waals surface area (Å²) >= 11 is 0. The first-order valence-electron chi connectivity index (χ1n) is 11.3. The smallest absolute Gasteiger partial charge is 0.315 e. The van der Waals surface area contributed by atoms with Gasteiger partial charge in [0.2, 0.25) is 6.79 Å². The van der Waals surface area contributed by atoms with Crippen molar-refractivity contribution in [3.63, 3.8) is 0 Å². The SMILES string of the molecule is CN(C)[C@H](CNC(=O)NC(Cc1ccccc1)c1ccccc1)Cc1cccc2c1OCO2. The topological polar surface area (TPSA) is 62.8 Å². The van der Waals surface area contributed by atoms with Crippen molar-refractivity contribution in [1.82, 2.24) is 15.5 Å². The molecule has 3 aromatic rings. The van der Waals surface area contributed by atoms with Crippen molar-refractivity contribution in [2.24, 2.45) is 0 Å². The molecular formula is C27H31N3O3. The van der Waals surface area contributed by atoms with Crippen LogP contribution in [0.4, 0.5) is 4.79 Å². The predicted molar refractivity (Wildman–Crippen MR) is 130 cm³/mol. The fourth-order valence-corrected chi connectivity index (χ4v) is 4.05. The van der Waals surface area contributed by atoms with Crippen molar-refractivity contribution in [3.8, 4) is 11.5 Å². The summed E-state index contributed by atoms with van der Waals surface area (Å²) in [5.41, 5.74) is 3.34. The van der Waals surface area contributed by atoms with Crippen LogP contribution < -0.4 is 20.1 Å². The molecule has 0 radical (unpaired) electrons. The number of ether oxygens (including phenoxy) is 2. The molecule has 2 amide bonds. The highest BCUT2D eigenvalue weighted by Gasteiger charge is 2.22. The van der Waals surface area contributed by atoms with Crippen molar-refractivity contribution in [3.05, 3.63) is 95.6 Å². The second-order valence-corrected chi connectivity index (χ2v) is 8.48. The minimum absolute atomic E-state index is 0.107. The first kappa shape index (κ1) is 22.7. The Balaban J connectivity index is 1.39. The van der Waals surface area contributed by atoms with Gasteiger partial charge in [-0.2, -0.15) is 0 Å². The zero-order valence-corrected chi connectivity index (χ0v) is 19.2. The molecule has 0 aliphatic carbocycles. The van der Waals surface area contributed by atoms with E-state index in [-0.39, 0.29) is 24.9 Å². The zero-order chi connectivity index (χ0) is 23.0. The highest BCUT2D eigenvalue weighted by Crippen LogP contribution is 2.36. The molecule has 0 saturated carbocycles. The van der Waals surface area contributed by atoms with Crippen LogP contribution in [0.25, 0.3) is 0 Å². The summed E-state index contributed by atoms with van der Waals surface area (Å²) in [5, 5.41) is 6.24. The first-order valence-corrected chi connectivity index (χ1v) is 11.3. The summed E-state index contributed by atoms with van der Waals surface area (Å²) in [4.78, 5) is 15.0. The number of nitrogens with one attached hydrogen (secondary N) is 2. The lowest BCUT2D eigenvalue weighted by Crippen LogP contribution is -2.46. The van der Waals surface area contributed by atoms with E-state index in [1.54, 1.807) is 0 Å². The van der Waals surface area contributed by atoms with Gasteiger partial charge in [-0.3, -0.25) is 0 Å². The van der Waals surface area contributed by atoms with E-state index in [1.165, 1.54) is 5.56 Å². The lowest BCUT2D eigenvalue weighted by atomic mass is 9.99. The molecule has 1 unspecified atom stereocenters. The second-order valence-electron chi connectivity index (χ2n) is 8.48. The number of rotatable bonds is 9. The van der Waals surface area contributed by atoms with Gasteiger partial charge in [-0.25, -0.2) is 4.79 Å². The molecular weight excluding hydrogens is 414 g/mol. The van der Waals surface area contributed by atoms with E-state index in [0.29, 0.717) is 6.54 Å². The van der Waals surface area contributed by atoms with Crippen molar-refractivity contribution in [1.29, 1.82) is 0 Å². The zero-order valence-electron chi connectivity index (χ0n) is 19.2. The number of likely N-dealkylation sites (N-methyl/N-ethyl adjacent to an activating group) is 1. The average Bonchev–Trinajstić information content (AvgIpc) is 3.32. The van der Waals surface area contributed by atoms with E-state index in [2.05, 4.69) is 45.9 Å². The van der Waals surface area contributed by atoms with Crippen LogP contribution in [-0.4, -0.2) is 44.4 Å². The number of amides is 2. The molecule has 0 fully saturated rings. The second kappa shape index (κ2) is 10.9. The summed E-state index contributed by atoms with van der Waals surface area (Å²) in [7, 11) is 4.04. The molecule has 6 heteroatoms. The normalized spacial score (nSPS) is 14.0. The van der Waals surface area contributed by atoms with Crippen LogP contribution in [0.2, 0.25) is 0 Å². The Morgan fingerprint density at radius 2 is 1.64 bits per heavy atom. The average molecular weight is 446 g/mol. The van der Waals surface area contributed by atoms with Gasteiger partial charge in [0.1, 0.15) is 0 Å². The molecule has 6 nitrogen and oxygen atoms in total. The summed E-state index contributed by atoms with van der Waals surface area (Å²) in [5.74, 6) is 1.59. The van der Waals surface area contributed by atoms with Gasteiger partial charge in [0.15, 0.2) is 11.5 Å². The van der Waals surface area contributed by atoms with Crippen molar-refractivity contribution >= 4 is 6.03 Å². The lowest BCUT2D eigenvalue weighted by Gasteiger charge is -2.26. The van der Waals surface area contributed by atoms with Gasteiger partial charge in [-0.15, -0.1) is 0 Å². The highest BCUT2D eigenvalue weighted by molar-refractivity contribution is 5.74. The molecule has 0 bridgehead atoms. The molecule has 0 spiro atoms. The maximum Gasteiger partial charge on any atom is 0.315 e. The Morgan fingerprint density at radius 3 is 2.36 bits per heavy atom. The molecule has 33 heavy (non-hydrogen) atoms. The van der Waals surface area contributed by atoms with Crippen molar-refractivity contribution in [2.75, 3.05) is 27.4 Å².